The number of sulfonamides is 1. The van der Waals surface area contributed by atoms with E-state index in [0.717, 1.165) is 11.1 Å². The Morgan fingerprint density at radius 2 is 1.68 bits per heavy atom. The fourth-order valence-corrected chi connectivity index (χ4v) is 3.02. The minimum absolute atomic E-state index is 0.0358. The number of nitrogens with one attached hydrogen (secondary N) is 2. The van der Waals surface area contributed by atoms with Crippen molar-refractivity contribution >= 4 is 15.9 Å². The van der Waals surface area contributed by atoms with Gasteiger partial charge < -0.3 is 10.1 Å². The Labute approximate surface area is 148 Å². The third-order valence-corrected chi connectivity index (χ3v) is 4.95. The fraction of sp³-hybridized carbons (Fsp3) is 0.278. The molecule has 0 heterocycles. The molecule has 0 aliphatic carbocycles. The van der Waals surface area contributed by atoms with Crippen LogP contribution in [0.3, 0.4) is 0 Å². The van der Waals surface area contributed by atoms with E-state index in [1.165, 1.54) is 0 Å². The van der Waals surface area contributed by atoms with Gasteiger partial charge in [-0.3, -0.25) is 4.79 Å². The zero-order valence-electron chi connectivity index (χ0n) is 14.3. The van der Waals surface area contributed by atoms with E-state index in [1.54, 1.807) is 31.4 Å². The van der Waals surface area contributed by atoms with Crippen molar-refractivity contribution in [3.63, 3.8) is 0 Å². The number of methoxy groups -OCH3 is 1. The number of hydrogen-bond acceptors (Lipinski definition) is 4. The number of ether oxygens (including phenoxy) is 1. The maximum absolute atomic E-state index is 12.0. The first kappa shape index (κ1) is 19.0. The lowest BCUT2D eigenvalue weighted by molar-refractivity contribution is 0.0956. The summed E-state index contributed by atoms with van der Waals surface area (Å²) in [6.45, 7) is 2.24. The van der Waals surface area contributed by atoms with E-state index in [1.807, 2.05) is 31.2 Å². The highest BCUT2D eigenvalue weighted by Crippen LogP contribution is 2.11. The summed E-state index contributed by atoms with van der Waals surface area (Å²) < 4.78 is 31.5. The Balaban J connectivity index is 1.78. The van der Waals surface area contributed by atoms with Crippen LogP contribution in [-0.4, -0.2) is 33.7 Å². The van der Waals surface area contributed by atoms with Gasteiger partial charge in [0.15, 0.2) is 0 Å². The third kappa shape index (κ3) is 6.21. The average Bonchev–Trinajstić information content (AvgIpc) is 2.61. The Hall–Kier alpha value is -2.38. The highest BCUT2D eigenvalue weighted by molar-refractivity contribution is 7.89. The van der Waals surface area contributed by atoms with Crippen LogP contribution in [0.25, 0.3) is 0 Å². The Morgan fingerprint density at radius 1 is 1.04 bits per heavy atom. The smallest absolute Gasteiger partial charge is 0.251 e. The van der Waals surface area contributed by atoms with Gasteiger partial charge in [0.25, 0.3) is 5.91 Å². The SMILES string of the molecule is COc1ccc(C(=O)NCCS(=O)(=O)NCc2ccc(C)cc2)cc1. The van der Waals surface area contributed by atoms with Gasteiger partial charge in [-0.15, -0.1) is 0 Å². The van der Waals surface area contributed by atoms with E-state index >= 15 is 0 Å². The molecular formula is C18H22N2O4S. The molecule has 7 heteroatoms. The van der Waals surface area contributed by atoms with Gasteiger partial charge >= 0.3 is 0 Å². The standard InChI is InChI=1S/C18H22N2O4S/c1-14-3-5-15(6-4-14)13-20-25(22,23)12-11-19-18(21)16-7-9-17(24-2)10-8-16/h3-10,20H,11-13H2,1-2H3,(H,19,21). The highest BCUT2D eigenvalue weighted by atomic mass is 32.2. The first-order chi connectivity index (χ1) is 11.9. The molecule has 0 saturated heterocycles. The topological polar surface area (TPSA) is 84.5 Å². The second-order valence-corrected chi connectivity index (χ2v) is 7.54. The van der Waals surface area contributed by atoms with Gasteiger partial charge in [-0.1, -0.05) is 29.8 Å². The number of amides is 1. The van der Waals surface area contributed by atoms with Crippen molar-refractivity contribution < 1.29 is 17.9 Å². The first-order valence-corrected chi connectivity index (χ1v) is 9.50. The zero-order chi connectivity index (χ0) is 18.3. The summed E-state index contributed by atoms with van der Waals surface area (Å²) in [6.07, 6.45) is 0. The van der Waals surface area contributed by atoms with E-state index in [4.69, 9.17) is 4.74 Å². The first-order valence-electron chi connectivity index (χ1n) is 7.85. The molecule has 0 saturated carbocycles. The predicted molar refractivity (Wildman–Crippen MR) is 97.1 cm³/mol. The van der Waals surface area contributed by atoms with Crippen LogP contribution in [0.15, 0.2) is 48.5 Å². The Kier molecular flexibility index (Phi) is 6.55. The summed E-state index contributed by atoms with van der Waals surface area (Å²) in [5.74, 6) is 0.150. The maximum atomic E-state index is 12.0. The highest BCUT2D eigenvalue weighted by Gasteiger charge is 2.11. The largest absolute Gasteiger partial charge is 0.497 e. The van der Waals surface area contributed by atoms with Crippen LogP contribution in [0.4, 0.5) is 0 Å². The molecule has 0 radical (unpaired) electrons. The Bertz CT molecular complexity index is 800. The van der Waals surface area contributed by atoms with E-state index in [2.05, 4.69) is 10.0 Å². The molecule has 0 fully saturated rings. The number of carbonyl (C=O) groups excluding carboxylic acids is 1. The lowest BCUT2D eigenvalue weighted by Gasteiger charge is -2.09. The molecule has 6 nitrogen and oxygen atoms in total. The molecule has 25 heavy (non-hydrogen) atoms. The number of aryl methyl sites for hydroxylation is 1. The van der Waals surface area contributed by atoms with Crippen molar-refractivity contribution in [1.82, 2.24) is 10.0 Å². The molecule has 2 N–H and O–H groups in total. The quantitative estimate of drug-likeness (QED) is 0.751. The van der Waals surface area contributed by atoms with E-state index in [9.17, 15) is 13.2 Å². The molecule has 0 unspecified atom stereocenters. The average molecular weight is 362 g/mol. The van der Waals surface area contributed by atoms with Crippen LogP contribution in [-0.2, 0) is 16.6 Å². The molecule has 1 amide bonds. The van der Waals surface area contributed by atoms with Crippen LogP contribution < -0.4 is 14.8 Å². The minimum atomic E-state index is -3.46. The molecule has 0 aromatic heterocycles. The summed E-state index contributed by atoms with van der Waals surface area (Å²) in [6, 6.07) is 14.2. The van der Waals surface area contributed by atoms with Crippen LogP contribution in [0.1, 0.15) is 21.5 Å². The normalized spacial score (nSPS) is 11.1. The fourth-order valence-electron chi connectivity index (χ4n) is 2.11. The van der Waals surface area contributed by atoms with Crippen LogP contribution >= 0.6 is 0 Å². The lowest BCUT2D eigenvalue weighted by atomic mass is 10.2. The van der Waals surface area contributed by atoms with Crippen molar-refractivity contribution in [3.8, 4) is 5.75 Å². The summed E-state index contributed by atoms with van der Waals surface area (Å²) in [7, 11) is -1.92. The molecular weight excluding hydrogens is 340 g/mol. The summed E-state index contributed by atoms with van der Waals surface area (Å²) in [5.41, 5.74) is 2.45. The molecule has 0 bridgehead atoms. The molecule has 0 atom stereocenters. The van der Waals surface area contributed by atoms with Crippen LogP contribution in [0, 0.1) is 6.92 Å². The molecule has 2 rings (SSSR count). The summed E-state index contributed by atoms with van der Waals surface area (Å²) in [4.78, 5) is 12.0. The van der Waals surface area contributed by atoms with E-state index < -0.39 is 10.0 Å². The second-order valence-electron chi connectivity index (χ2n) is 5.61. The van der Waals surface area contributed by atoms with Crippen LogP contribution in [0.5, 0.6) is 5.75 Å². The van der Waals surface area contributed by atoms with E-state index in [0.29, 0.717) is 11.3 Å². The lowest BCUT2D eigenvalue weighted by Crippen LogP contribution is -2.34. The molecule has 0 spiro atoms. The van der Waals surface area contributed by atoms with Crippen molar-refractivity contribution in [2.24, 2.45) is 0 Å². The number of carbonyl (C=O) groups is 1. The van der Waals surface area contributed by atoms with Crippen LogP contribution in [0.2, 0.25) is 0 Å². The van der Waals surface area contributed by atoms with Crippen molar-refractivity contribution in [1.29, 1.82) is 0 Å². The second kappa shape index (κ2) is 8.64. The molecule has 134 valence electrons. The number of hydrogen-bond donors (Lipinski definition) is 2. The van der Waals surface area contributed by atoms with Crippen molar-refractivity contribution in [3.05, 3.63) is 65.2 Å². The zero-order valence-corrected chi connectivity index (χ0v) is 15.1. The van der Waals surface area contributed by atoms with Gasteiger partial charge in [-0.2, -0.15) is 0 Å². The number of benzene rings is 2. The van der Waals surface area contributed by atoms with Gasteiger partial charge in [-0.25, -0.2) is 13.1 Å². The van der Waals surface area contributed by atoms with Gasteiger partial charge in [0, 0.05) is 18.7 Å². The van der Waals surface area contributed by atoms with Gasteiger partial charge in [0.05, 0.1) is 12.9 Å². The summed E-state index contributed by atoms with van der Waals surface area (Å²) in [5, 5.41) is 2.60. The maximum Gasteiger partial charge on any atom is 0.251 e. The molecule has 0 aliphatic heterocycles. The summed E-state index contributed by atoms with van der Waals surface area (Å²) >= 11 is 0. The Morgan fingerprint density at radius 3 is 2.28 bits per heavy atom. The number of rotatable bonds is 8. The van der Waals surface area contributed by atoms with Gasteiger partial charge in [-0.05, 0) is 36.8 Å². The van der Waals surface area contributed by atoms with E-state index in [-0.39, 0.29) is 24.7 Å². The monoisotopic (exact) mass is 362 g/mol. The molecule has 2 aromatic rings. The predicted octanol–water partition coefficient (Wildman–Crippen LogP) is 1.85. The van der Waals surface area contributed by atoms with Gasteiger partial charge in [0.1, 0.15) is 5.75 Å². The van der Waals surface area contributed by atoms with Crippen molar-refractivity contribution in [2.45, 2.75) is 13.5 Å². The third-order valence-electron chi connectivity index (χ3n) is 3.63. The van der Waals surface area contributed by atoms with Gasteiger partial charge in [0.2, 0.25) is 10.0 Å². The molecule has 2 aromatic carbocycles. The van der Waals surface area contributed by atoms with Crippen molar-refractivity contribution in [2.75, 3.05) is 19.4 Å². The minimum Gasteiger partial charge on any atom is -0.497 e. The molecule has 0 aliphatic rings.